The molecular formula is C25H24N4O3S. The van der Waals surface area contributed by atoms with Gasteiger partial charge in [0.25, 0.3) is 11.5 Å². The van der Waals surface area contributed by atoms with Gasteiger partial charge in [-0.25, -0.2) is 4.98 Å². The number of hydrogen-bond donors (Lipinski definition) is 1. The van der Waals surface area contributed by atoms with E-state index >= 15 is 0 Å². The molecule has 1 aliphatic heterocycles. The fourth-order valence-corrected chi connectivity index (χ4v) is 5.11. The average Bonchev–Trinajstić information content (AvgIpc) is 3.21. The number of thioether (sulfide) groups is 1. The van der Waals surface area contributed by atoms with Crippen molar-refractivity contribution in [2.24, 2.45) is 0 Å². The van der Waals surface area contributed by atoms with E-state index < -0.39 is 0 Å². The van der Waals surface area contributed by atoms with Crippen molar-refractivity contribution in [2.45, 2.75) is 17.0 Å². The van der Waals surface area contributed by atoms with E-state index in [2.05, 4.69) is 34.0 Å². The molecule has 0 bridgehead atoms. The molecule has 8 heteroatoms. The molecule has 4 aromatic rings. The molecule has 3 heterocycles. The van der Waals surface area contributed by atoms with Gasteiger partial charge in [0.2, 0.25) is 0 Å². The Morgan fingerprint density at radius 2 is 1.91 bits per heavy atom. The van der Waals surface area contributed by atoms with E-state index in [4.69, 9.17) is 4.42 Å². The van der Waals surface area contributed by atoms with Gasteiger partial charge in [0.1, 0.15) is 5.58 Å². The van der Waals surface area contributed by atoms with Crippen LogP contribution in [0.5, 0.6) is 0 Å². The van der Waals surface area contributed by atoms with Gasteiger partial charge in [-0.3, -0.25) is 9.59 Å². The van der Waals surface area contributed by atoms with Crippen molar-refractivity contribution in [1.82, 2.24) is 19.8 Å². The minimum Gasteiger partial charge on any atom is -0.451 e. The van der Waals surface area contributed by atoms with Crippen LogP contribution in [0.3, 0.4) is 0 Å². The molecule has 1 fully saturated rings. The predicted octanol–water partition coefficient (Wildman–Crippen LogP) is 3.94. The Balaban J connectivity index is 1.51. The second-order valence-electron chi connectivity index (χ2n) is 8.12. The molecule has 0 saturated carbocycles. The van der Waals surface area contributed by atoms with Gasteiger partial charge < -0.3 is 19.2 Å². The molecular weight excluding hydrogens is 436 g/mol. The Labute approximate surface area is 195 Å². The lowest BCUT2D eigenvalue weighted by Crippen LogP contribution is -2.49. The summed E-state index contributed by atoms with van der Waals surface area (Å²) in [6.45, 7) is 2.18. The Morgan fingerprint density at radius 1 is 1.12 bits per heavy atom. The Kier molecular flexibility index (Phi) is 6.02. The van der Waals surface area contributed by atoms with Gasteiger partial charge in [0.15, 0.2) is 10.9 Å². The first-order chi connectivity index (χ1) is 16.1. The highest BCUT2D eigenvalue weighted by Gasteiger charge is 2.34. The number of aromatic nitrogens is 2. The van der Waals surface area contributed by atoms with Crippen LogP contribution in [0.1, 0.15) is 27.7 Å². The van der Waals surface area contributed by atoms with Crippen molar-refractivity contribution in [1.29, 1.82) is 0 Å². The van der Waals surface area contributed by atoms with Gasteiger partial charge in [-0.15, -0.1) is 0 Å². The summed E-state index contributed by atoms with van der Waals surface area (Å²) < 4.78 is 6.13. The summed E-state index contributed by atoms with van der Waals surface area (Å²) >= 11 is 1.38. The number of nitrogens with zero attached hydrogens (tertiary/aromatic N) is 3. The minimum absolute atomic E-state index is 0.0571. The molecule has 33 heavy (non-hydrogen) atoms. The molecule has 2 aromatic heterocycles. The number of likely N-dealkylation sites (N-methyl/N-ethyl adjacent to an activating group) is 1. The van der Waals surface area contributed by atoms with E-state index in [-0.39, 0.29) is 17.5 Å². The molecule has 1 N–H and O–H groups in total. The van der Waals surface area contributed by atoms with Gasteiger partial charge in [-0.2, -0.15) is 0 Å². The van der Waals surface area contributed by atoms with Crippen LogP contribution in [0.25, 0.3) is 11.0 Å². The van der Waals surface area contributed by atoms with Crippen molar-refractivity contribution < 1.29 is 9.21 Å². The maximum absolute atomic E-state index is 13.9. The number of piperazine rings is 1. The van der Waals surface area contributed by atoms with Crippen molar-refractivity contribution in [3.8, 4) is 0 Å². The molecule has 1 amide bonds. The lowest BCUT2D eigenvalue weighted by atomic mass is 10.0. The van der Waals surface area contributed by atoms with Crippen LogP contribution >= 0.6 is 11.8 Å². The molecule has 1 atom stereocenters. The number of rotatable bonds is 5. The van der Waals surface area contributed by atoms with Crippen LogP contribution in [0.2, 0.25) is 0 Å². The van der Waals surface area contributed by atoms with Crippen LogP contribution in [-0.2, 0) is 5.75 Å². The number of furan rings is 1. The molecule has 2 aromatic carbocycles. The zero-order chi connectivity index (χ0) is 22.8. The number of aromatic amines is 1. The Morgan fingerprint density at radius 3 is 2.73 bits per heavy atom. The number of nitrogens with one attached hydrogen (secondary N) is 1. The van der Waals surface area contributed by atoms with E-state index in [0.29, 0.717) is 28.8 Å². The largest absolute Gasteiger partial charge is 0.451 e. The summed E-state index contributed by atoms with van der Waals surface area (Å²) in [5.74, 6) is 0.695. The predicted molar refractivity (Wildman–Crippen MR) is 128 cm³/mol. The second kappa shape index (κ2) is 9.25. The van der Waals surface area contributed by atoms with Gasteiger partial charge in [0, 0.05) is 48.6 Å². The van der Waals surface area contributed by atoms with E-state index in [0.717, 1.165) is 29.6 Å². The van der Waals surface area contributed by atoms with E-state index in [9.17, 15) is 9.59 Å². The number of hydrogen-bond acceptors (Lipinski definition) is 6. The number of H-pyrrole nitrogens is 1. The van der Waals surface area contributed by atoms with Crippen LogP contribution in [0.15, 0.2) is 81.2 Å². The summed E-state index contributed by atoms with van der Waals surface area (Å²) in [7, 11) is 2.08. The van der Waals surface area contributed by atoms with Gasteiger partial charge >= 0.3 is 0 Å². The average molecular weight is 461 g/mol. The van der Waals surface area contributed by atoms with Crippen LogP contribution in [-0.4, -0.2) is 52.4 Å². The minimum atomic E-state index is -0.205. The smallest absolute Gasteiger partial charge is 0.290 e. The summed E-state index contributed by atoms with van der Waals surface area (Å²) in [4.78, 5) is 36.6. The van der Waals surface area contributed by atoms with Gasteiger partial charge in [-0.1, -0.05) is 60.3 Å². The number of benzene rings is 2. The van der Waals surface area contributed by atoms with Crippen LogP contribution in [0.4, 0.5) is 0 Å². The third-order valence-electron chi connectivity index (χ3n) is 5.92. The third kappa shape index (κ3) is 4.44. The van der Waals surface area contributed by atoms with Gasteiger partial charge in [-0.05, 0) is 18.7 Å². The second-order valence-corrected chi connectivity index (χ2v) is 9.09. The van der Waals surface area contributed by atoms with Crippen LogP contribution in [0, 0.1) is 0 Å². The molecule has 0 unspecified atom stereocenters. The molecule has 7 nitrogen and oxygen atoms in total. The highest BCUT2D eigenvalue weighted by atomic mass is 32.2. The van der Waals surface area contributed by atoms with E-state index in [1.165, 1.54) is 24.0 Å². The fourth-order valence-electron chi connectivity index (χ4n) is 4.23. The topological polar surface area (TPSA) is 82.4 Å². The zero-order valence-corrected chi connectivity index (χ0v) is 19.0. The normalized spacial score (nSPS) is 16.9. The number of fused-ring (bicyclic) bond motifs is 1. The highest BCUT2D eigenvalue weighted by Crippen LogP contribution is 2.34. The van der Waals surface area contributed by atoms with Crippen molar-refractivity contribution in [3.05, 3.63) is 94.1 Å². The number of amides is 1. The fraction of sp³-hybridized carbons (Fsp3) is 0.240. The monoisotopic (exact) mass is 460 g/mol. The lowest BCUT2D eigenvalue weighted by molar-refractivity contribution is 0.0469. The maximum atomic E-state index is 13.9. The molecule has 0 aliphatic carbocycles. The number of carbonyl (C=O) groups is 1. The third-order valence-corrected chi connectivity index (χ3v) is 6.84. The molecule has 1 saturated heterocycles. The molecule has 5 rings (SSSR count). The molecule has 168 valence electrons. The molecule has 0 spiro atoms. The first-order valence-corrected chi connectivity index (χ1v) is 11.8. The first-order valence-electron chi connectivity index (χ1n) is 10.8. The Bertz CT molecular complexity index is 1330. The van der Waals surface area contributed by atoms with Gasteiger partial charge in [0.05, 0.1) is 6.04 Å². The number of carbonyl (C=O) groups excluding carboxylic acids is 1. The highest BCUT2D eigenvalue weighted by molar-refractivity contribution is 7.98. The summed E-state index contributed by atoms with van der Waals surface area (Å²) in [5, 5.41) is 1.41. The summed E-state index contributed by atoms with van der Waals surface area (Å²) in [6.07, 6.45) is 1.48. The first kappa shape index (κ1) is 21.5. The number of para-hydroxylation sites is 1. The standard InChI is InChI=1S/C25H24N4O3S/c1-28-13-14-29(20(15-28)17-7-3-2-4-8-17)24(31)23-19(18-9-5-6-10-21(18)32-23)16-33-25-26-12-11-22(30)27-25/h2-12,20H,13-16H2,1H3,(H,26,27,30)/t20-/m0/s1. The van der Waals surface area contributed by atoms with Crippen LogP contribution < -0.4 is 5.56 Å². The zero-order valence-electron chi connectivity index (χ0n) is 18.2. The SMILES string of the molecule is CN1CCN(C(=O)c2oc3ccccc3c2CSc2nccc(=O)[nH]2)[C@H](c2ccccc2)C1. The van der Waals surface area contributed by atoms with Crippen molar-refractivity contribution in [2.75, 3.05) is 26.7 Å². The van der Waals surface area contributed by atoms with Crippen molar-refractivity contribution >= 4 is 28.6 Å². The summed E-state index contributed by atoms with van der Waals surface area (Å²) in [5.41, 5.74) is 2.40. The summed E-state index contributed by atoms with van der Waals surface area (Å²) in [6, 6.07) is 19.1. The Hall–Kier alpha value is -3.36. The molecule has 1 aliphatic rings. The lowest BCUT2D eigenvalue weighted by Gasteiger charge is -2.40. The van der Waals surface area contributed by atoms with E-state index in [1.807, 2.05) is 47.4 Å². The van der Waals surface area contributed by atoms with Crippen molar-refractivity contribution in [3.63, 3.8) is 0 Å². The maximum Gasteiger partial charge on any atom is 0.290 e. The quantitative estimate of drug-likeness (QED) is 0.359. The molecule has 0 radical (unpaired) electrons. The van der Waals surface area contributed by atoms with E-state index in [1.54, 1.807) is 0 Å².